The van der Waals surface area contributed by atoms with Crippen molar-refractivity contribution in [3.05, 3.63) is 0 Å². The summed E-state index contributed by atoms with van der Waals surface area (Å²) in [5.74, 6) is -0.766. The standard InChI is InChI=1S/C21H38N2O5Si/c1-19(2,3)28-18(24)23-14(11-12-22)16-17(27-21(7,8)26-16)15(23)13-25-29(9,10)20(4,5)6/h14-17H,11,13H2,1-10H3/t14-,15-,16-,17-/m0/s1. The van der Waals surface area contributed by atoms with Gasteiger partial charge in [0.05, 0.1) is 31.2 Å². The summed E-state index contributed by atoms with van der Waals surface area (Å²) in [4.78, 5) is 14.7. The molecule has 0 bridgehead atoms. The lowest BCUT2D eigenvalue weighted by molar-refractivity contribution is -0.168. The Morgan fingerprint density at radius 2 is 1.62 bits per heavy atom. The molecule has 0 aromatic rings. The van der Waals surface area contributed by atoms with Crippen molar-refractivity contribution in [1.29, 1.82) is 5.26 Å². The summed E-state index contributed by atoms with van der Waals surface area (Å²) in [5, 5.41) is 9.45. The van der Waals surface area contributed by atoms with E-state index in [9.17, 15) is 10.1 Å². The van der Waals surface area contributed by atoms with Gasteiger partial charge >= 0.3 is 6.09 Å². The summed E-state index contributed by atoms with van der Waals surface area (Å²) in [5.41, 5.74) is -0.641. The van der Waals surface area contributed by atoms with Gasteiger partial charge in [-0.05, 0) is 52.8 Å². The van der Waals surface area contributed by atoms with Crippen LogP contribution in [-0.2, 0) is 18.6 Å². The van der Waals surface area contributed by atoms with Crippen molar-refractivity contribution >= 4 is 14.4 Å². The Labute approximate surface area is 176 Å². The highest BCUT2D eigenvalue weighted by Crippen LogP contribution is 2.43. The summed E-state index contributed by atoms with van der Waals surface area (Å²) in [7, 11) is -2.04. The van der Waals surface area contributed by atoms with Crippen LogP contribution < -0.4 is 0 Å². The fourth-order valence-electron chi connectivity index (χ4n) is 3.55. The monoisotopic (exact) mass is 426 g/mol. The van der Waals surface area contributed by atoms with Crippen molar-refractivity contribution in [1.82, 2.24) is 4.90 Å². The summed E-state index contributed by atoms with van der Waals surface area (Å²) in [6.07, 6.45) is -1.05. The molecule has 2 rings (SSSR count). The first-order valence-electron chi connectivity index (χ1n) is 10.4. The molecule has 2 aliphatic rings. The Morgan fingerprint density at radius 1 is 1.10 bits per heavy atom. The summed E-state index contributed by atoms with van der Waals surface area (Å²) >= 11 is 0. The number of likely N-dealkylation sites (tertiary alicyclic amines) is 1. The molecule has 8 heteroatoms. The van der Waals surface area contributed by atoms with Gasteiger partial charge in [-0.15, -0.1) is 0 Å². The van der Waals surface area contributed by atoms with Crippen LogP contribution in [-0.4, -0.2) is 61.6 Å². The minimum absolute atomic E-state index is 0.0418. The first-order valence-corrected chi connectivity index (χ1v) is 13.3. The van der Waals surface area contributed by atoms with Crippen LogP contribution in [0, 0.1) is 11.3 Å². The highest BCUT2D eigenvalue weighted by molar-refractivity contribution is 6.74. The van der Waals surface area contributed by atoms with E-state index in [2.05, 4.69) is 39.9 Å². The molecule has 2 fully saturated rings. The topological polar surface area (TPSA) is 81.0 Å². The zero-order valence-electron chi connectivity index (χ0n) is 19.7. The second-order valence-electron chi connectivity index (χ2n) is 11.0. The largest absolute Gasteiger partial charge is 0.444 e. The SMILES string of the molecule is CC(C)(C)OC(=O)N1[C@@H](CC#N)[C@@H]2OC(C)(C)O[C@H]2[C@@H]1CO[Si](C)(C)C(C)(C)C. The molecule has 0 spiro atoms. The highest BCUT2D eigenvalue weighted by atomic mass is 28.4. The van der Waals surface area contributed by atoms with Crippen molar-refractivity contribution in [2.45, 2.75) is 116 Å². The number of fused-ring (bicyclic) bond motifs is 1. The Kier molecular flexibility index (Phi) is 6.52. The van der Waals surface area contributed by atoms with Crippen LogP contribution in [0.5, 0.6) is 0 Å². The molecule has 2 aliphatic heterocycles. The Morgan fingerprint density at radius 3 is 2.07 bits per heavy atom. The smallest absolute Gasteiger partial charge is 0.411 e. The summed E-state index contributed by atoms with van der Waals surface area (Å²) in [6, 6.07) is 1.39. The van der Waals surface area contributed by atoms with E-state index in [0.717, 1.165) is 0 Å². The van der Waals surface area contributed by atoms with Gasteiger partial charge in [-0.2, -0.15) is 5.26 Å². The quantitative estimate of drug-likeness (QED) is 0.619. The maximum atomic E-state index is 13.1. The van der Waals surface area contributed by atoms with Gasteiger partial charge in [-0.1, -0.05) is 20.8 Å². The van der Waals surface area contributed by atoms with Crippen molar-refractivity contribution < 1.29 is 23.4 Å². The molecule has 0 radical (unpaired) electrons. The van der Waals surface area contributed by atoms with Gasteiger partial charge in [0.15, 0.2) is 14.1 Å². The molecule has 0 unspecified atom stereocenters. The molecule has 0 aliphatic carbocycles. The van der Waals surface area contributed by atoms with Crippen LogP contribution in [0.15, 0.2) is 0 Å². The van der Waals surface area contributed by atoms with E-state index >= 15 is 0 Å². The number of amides is 1. The fraction of sp³-hybridized carbons (Fsp3) is 0.905. The third kappa shape index (κ3) is 5.32. The van der Waals surface area contributed by atoms with Crippen molar-refractivity contribution in [3.8, 4) is 6.07 Å². The first-order chi connectivity index (χ1) is 13.0. The molecule has 4 atom stereocenters. The normalized spacial score (nSPS) is 29.5. The van der Waals surface area contributed by atoms with Gasteiger partial charge in [0.25, 0.3) is 0 Å². The molecule has 166 valence electrons. The van der Waals surface area contributed by atoms with Crippen LogP contribution in [0.2, 0.25) is 18.1 Å². The third-order valence-corrected chi connectivity index (χ3v) is 10.5. The molecular weight excluding hydrogens is 388 g/mol. The van der Waals surface area contributed by atoms with Gasteiger partial charge < -0.3 is 18.6 Å². The molecule has 0 saturated carbocycles. The average molecular weight is 427 g/mol. The second kappa shape index (κ2) is 7.84. The van der Waals surface area contributed by atoms with Crippen molar-refractivity contribution in [2.24, 2.45) is 0 Å². The van der Waals surface area contributed by atoms with Crippen LogP contribution in [0.4, 0.5) is 4.79 Å². The van der Waals surface area contributed by atoms with Crippen LogP contribution in [0.25, 0.3) is 0 Å². The molecule has 7 nitrogen and oxygen atoms in total. The summed E-state index contributed by atoms with van der Waals surface area (Å²) < 4.78 is 24.4. The van der Waals surface area contributed by atoms with Crippen LogP contribution in [0.3, 0.4) is 0 Å². The van der Waals surface area contributed by atoms with Gasteiger partial charge in [-0.25, -0.2) is 4.79 Å². The lowest BCUT2D eigenvalue weighted by Crippen LogP contribution is -2.52. The van der Waals surface area contributed by atoms with Crippen LogP contribution in [0.1, 0.15) is 61.8 Å². The number of nitriles is 1. The van der Waals surface area contributed by atoms with Crippen molar-refractivity contribution in [3.63, 3.8) is 0 Å². The molecule has 1 amide bonds. The molecule has 0 N–H and O–H groups in total. The van der Waals surface area contributed by atoms with E-state index in [1.54, 1.807) is 4.90 Å². The first kappa shape index (κ1) is 24.1. The second-order valence-corrected chi connectivity index (χ2v) is 15.8. The fourth-order valence-corrected chi connectivity index (χ4v) is 4.57. The van der Waals surface area contributed by atoms with E-state index in [4.69, 9.17) is 18.6 Å². The predicted octanol–water partition coefficient (Wildman–Crippen LogP) is 4.43. The summed E-state index contributed by atoms with van der Waals surface area (Å²) in [6.45, 7) is 20.4. The Balaban J connectivity index is 2.35. The number of ether oxygens (including phenoxy) is 3. The number of nitrogens with zero attached hydrogens (tertiary/aromatic N) is 2. The zero-order valence-corrected chi connectivity index (χ0v) is 20.7. The third-order valence-electron chi connectivity index (χ3n) is 5.96. The molecule has 0 aromatic carbocycles. The number of hydrogen-bond acceptors (Lipinski definition) is 6. The molecule has 2 heterocycles. The van der Waals surface area contributed by atoms with Gasteiger partial charge in [-0.3, -0.25) is 4.90 Å². The minimum atomic E-state index is -2.04. The van der Waals surface area contributed by atoms with E-state index in [0.29, 0.717) is 6.61 Å². The molecule has 0 aromatic heterocycles. The Bertz CT molecular complexity index is 659. The number of hydrogen-bond donors (Lipinski definition) is 0. The highest BCUT2D eigenvalue weighted by Gasteiger charge is 2.60. The number of carbonyl (C=O) groups is 1. The van der Waals surface area contributed by atoms with E-state index < -0.39 is 31.8 Å². The van der Waals surface area contributed by atoms with Gasteiger partial charge in [0, 0.05) is 0 Å². The molecule has 2 saturated heterocycles. The van der Waals surface area contributed by atoms with Gasteiger partial charge in [0.2, 0.25) is 0 Å². The lowest BCUT2D eigenvalue weighted by atomic mass is 10.1. The molecule has 29 heavy (non-hydrogen) atoms. The Hall–Kier alpha value is -1.14. The predicted molar refractivity (Wildman–Crippen MR) is 113 cm³/mol. The van der Waals surface area contributed by atoms with Crippen LogP contribution >= 0.6 is 0 Å². The number of carbonyl (C=O) groups excluding carboxylic acids is 1. The maximum absolute atomic E-state index is 13.1. The average Bonchev–Trinajstić information content (AvgIpc) is 2.94. The van der Waals surface area contributed by atoms with E-state index in [1.165, 1.54) is 0 Å². The lowest BCUT2D eigenvalue weighted by Gasteiger charge is -2.39. The molecular formula is C21H38N2O5Si. The van der Waals surface area contributed by atoms with Gasteiger partial charge in [0.1, 0.15) is 17.8 Å². The minimum Gasteiger partial charge on any atom is -0.444 e. The van der Waals surface area contributed by atoms with Crippen molar-refractivity contribution in [2.75, 3.05) is 6.61 Å². The maximum Gasteiger partial charge on any atom is 0.411 e. The van der Waals surface area contributed by atoms with E-state index in [-0.39, 0.29) is 29.7 Å². The van der Waals surface area contributed by atoms with E-state index in [1.807, 2.05) is 34.6 Å². The number of rotatable bonds is 4. The zero-order chi connectivity index (χ0) is 22.4.